The van der Waals surface area contributed by atoms with E-state index >= 15 is 0 Å². The normalized spacial score (nSPS) is 19.6. The standard InChI is InChI=1S/C13H18BrN3/c1-2-9-5-6-17(8-9)10-3-4-11(13(15)16)12(14)7-10/h3-4,7,9H,2,5-6,8H2,1H3,(H3,15,16). The van der Waals surface area contributed by atoms with Crippen LogP contribution in [0.4, 0.5) is 5.69 Å². The van der Waals surface area contributed by atoms with Crippen LogP contribution < -0.4 is 10.6 Å². The van der Waals surface area contributed by atoms with Crippen molar-refractivity contribution in [2.45, 2.75) is 19.8 Å². The van der Waals surface area contributed by atoms with E-state index in [1.165, 1.54) is 18.5 Å². The minimum Gasteiger partial charge on any atom is -0.384 e. The topological polar surface area (TPSA) is 53.1 Å². The number of amidine groups is 1. The second-order valence-electron chi connectivity index (χ2n) is 4.59. The number of hydrogen-bond acceptors (Lipinski definition) is 2. The predicted molar refractivity (Wildman–Crippen MR) is 75.8 cm³/mol. The Morgan fingerprint density at radius 1 is 1.59 bits per heavy atom. The first-order valence-electron chi connectivity index (χ1n) is 6.00. The van der Waals surface area contributed by atoms with E-state index in [4.69, 9.17) is 11.1 Å². The Kier molecular flexibility index (Phi) is 3.72. The minimum atomic E-state index is 0.108. The van der Waals surface area contributed by atoms with Crippen LogP contribution in [0.15, 0.2) is 22.7 Å². The maximum absolute atomic E-state index is 7.45. The first-order valence-corrected chi connectivity index (χ1v) is 6.80. The summed E-state index contributed by atoms with van der Waals surface area (Å²) in [6.07, 6.45) is 2.53. The van der Waals surface area contributed by atoms with Gasteiger partial charge in [-0.3, -0.25) is 5.41 Å². The lowest BCUT2D eigenvalue weighted by atomic mass is 10.1. The molecule has 1 unspecified atom stereocenters. The molecule has 3 nitrogen and oxygen atoms in total. The summed E-state index contributed by atoms with van der Waals surface area (Å²) in [4.78, 5) is 2.41. The molecule has 1 aliphatic rings. The zero-order chi connectivity index (χ0) is 12.4. The van der Waals surface area contributed by atoms with Gasteiger partial charge in [-0.1, -0.05) is 13.3 Å². The van der Waals surface area contributed by atoms with Gasteiger partial charge in [0, 0.05) is 28.8 Å². The number of rotatable bonds is 3. The lowest BCUT2D eigenvalue weighted by Crippen LogP contribution is -2.20. The van der Waals surface area contributed by atoms with Gasteiger partial charge in [-0.2, -0.15) is 0 Å². The molecule has 1 saturated heterocycles. The largest absolute Gasteiger partial charge is 0.384 e. The quantitative estimate of drug-likeness (QED) is 0.665. The summed E-state index contributed by atoms with van der Waals surface area (Å²) in [7, 11) is 0. The number of nitrogen functional groups attached to an aromatic ring is 1. The lowest BCUT2D eigenvalue weighted by Gasteiger charge is -2.19. The average Bonchev–Trinajstić information content (AvgIpc) is 2.76. The Bertz CT molecular complexity index is 431. The highest BCUT2D eigenvalue weighted by Gasteiger charge is 2.21. The molecule has 1 heterocycles. The molecule has 17 heavy (non-hydrogen) atoms. The number of anilines is 1. The molecular weight excluding hydrogens is 278 g/mol. The first-order chi connectivity index (χ1) is 8.11. The molecule has 1 aromatic rings. The molecule has 0 bridgehead atoms. The summed E-state index contributed by atoms with van der Waals surface area (Å²) in [5, 5.41) is 7.45. The van der Waals surface area contributed by atoms with Gasteiger partial charge in [0.1, 0.15) is 5.84 Å². The van der Waals surface area contributed by atoms with Crippen LogP contribution in [0.2, 0.25) is 0 Å². The fourth-order valence-corrected chi connectivity index (χ4v) is 2.90. The summed E-state index contributed by atoms with van der Waals surface area (Å²) in [5.41, 5.74) is 7.49. The van der Waals surface area contributed by atoms with E-state index < -0.39 is 0 Å². The van der Waals surface area contributed by atoms with Gasteiger partial charge in [-0.05, 0) is 46.5 Å². The second kappa shape index (κ2) is 5.08. The highest BCUT2D eigenvalue weighted by atomic mass is 79.9. The molecule has 1 aromatic carbocycles. The van der Waals surface area contributed by atoms with Crippen molar-refractivity contribution in [1.29, 1.82) is 5.41 Å². The Labute approximate surface area is 111 Å². The second-order valence-corrected chi connectivity index (χ2v) is 5.44. The van der Waals surface area contributed by atoms with Gasteiger partial charge in [0.2, 0.25) is 0 Å². The molecule has 1 fully saturated rings. The highest BCUT2D eigenvalue weighted by Crippen LogP contribution is 2.29. The maximum atomic E-state index is 7.45. The smallest absolute Gasteiger partial charge is 0.123 e. The van der Waals surface area contributed by atoms with Gasteiger partial charge in [0.05, 0.1) is 0 Å². The summed E-state index contributed by atoms with van der Waals surface area (Å²) < 4.78 is 0.905. The van der Waals surface area contributed by atoms with Crippen LogP contribution in [0.5, 0.6) is 0 Å². The average molecular weight is 296 g/mol. The van der Waals surface area contributed by atoms with Crippen molar-refractivity contribution in [2.24, 2.45) is 11.7 Å². The minimum absolute atomic E-state index is 0.108. The van der Waals surface area contributed by atoms with Gasteiger partial charge in [0.25, 0.3) is 0 Å². The van der Waals surface area contributed by atoms with Crippen molar-refractivity contribution < 1.29 is 0 Å². The monoisotopic (exact) mass is 295 g/mol. The number of benzene rings is 1. The lowest BCUT2D eigenvalue weighted by molar-refractivity contribution is 0.569. The third kappa shape index (κ3) is 2.63. The van der Waals surface area contributed by atoms with Gasteiger partial charge in [-0.15, -0.1) is 0 Å². The van der Waals surface area contributed by atoms with Gasteiger partial charge < -0.3 is 10.6 Å². The van der Waals surface area contributed by atoms with E-state index in [0.29, 0.717) is 0 Å². The number of halogens is 1. The van der Waals surface area contributed by atoms with Crippen LogP contribution in [0.25, 0.3) is 0 Å². The number of nitrogens with zero attached hydrogens (tertiary/aromatic N) is 1. The number of nitrogens with two attached hydrogens (primary N) is 1. The van der Waals surface area contributed by atoms with Crippen LogP contribution in [-0.2, 0) is 0 Å². The molecule has 0 spiro atoms. The third-order valence-corrected chi connectivity index (χ3v) is 4.13. The Morgan fingerprint density at radius 3 is 2.88 bits per heavy atom. The highest BCUT2D eigenvalue weighted by molar-refractivity contribution is 9.10. The van der Waals surface area contributed by atoms with Crippen molar-refractivity contribution in [3.8, 4) is 0 Å². The Balaban J connectivity index is 2.18. The molecule has 92 valence electrons. The maximum Gasteiger partial charge on any atom is 0.123 e. The summed E-state index contributed by atoms with van der Waals surface area (Å²) >= 11 is 3.48. The molecule has 0 radical (unpaired) electrons. The molecule has 1 atom stereocenters. The molecule has 0 saturated carbocycles. The summed E-state index contributed by atoms with van der Waals surface area (Å²) in [6.45, 7) is 4.52. The Hall–Kier alpha value is -1.03. The molecule has 1 aliphatic heterocycles. The fourth-order valence-electron chi connectivity index (χ4n) is 2.32. The number of nitrogens with one attached hydrogen (secondary N) is 1. The van der Waals surface area contributed by atoms with E-state index in [1.807, 2.05) is 6.07 Å². The first kappa shape index (κ1) is 12.4. The number of hydrogen-bond donors (Lipinski definition) is 2. The van der Waals surface area contributed by atoms with Gasteiger partial charge >= 0.3 is 0 Å². The van der Waals surface area contributed by atoms with Crippen molar-refractivity contribution in [1.82, 2.24) is 0 Å². The predicted octanol–water partition coefficient (Wildman–Crippen LogP) is 2.97. The Morgan fingerprint density at radius 2 is 2.35 bits per heavy atom. The zero-order valence-electron chi connectivity index (χ0n) is 10.0. The van der Waals surface area contributed by atoms with Crippen LogP contribution in [-0.4, -0.2) is 18.9 Å². The van der Waals surface area contributed by atoms with E-state index in [2.05, 4.69) is 39.9 Å². The zero-order valence-corrected chi connectivity index (χ0v) is 11.6. The van der Waals surface area contributed by atoms with E-state index in [-0.39, 0.29) is 5.84 Å². The van der Waals surface area contributed by atoms with Crippen molar-refractivity contribution in [3.63, 3.8) is 0 Å². The summed E-state index contributed by atoms with van der Waals surface area (Å²) in [5.74, 6) is 0.928. The van der Waals surface area contributed by atoms with Crippen LogP contribution in [0.3, 0.4) is 0 Å². The summed E-state index contributed by atoms with van der Waals surface area (Å²) in [6, 6.07) is 6.04. The van der Waals surface area contributed by atoms with Crippen molar-refractivity contribution >= 4 is 27.5 Å². The molecule has 2 rings (SSSR count). The van der Waals surface area contributed by atoms with Crippen LogP contribution in [0, 0.1) is 11.3 Å². The third-order valence-electron chi connectivity index (χ3n) is 3.47. The molecule has 0 amide bonds. The van der Waals surface area contributed by atoms with Crippen LogP contribution >= 0.6 is 15.9 Å². The molecule has 0 aromatic heterocycles. The van der Waals surface area contributed by atoms with Crippen molar-refractivity contribution in [3.05, 3.63) is 28.2 Å². The van der Waals surface area contributed by atoms with E-state index in [9.17, 15) is 0 Å². The molecular formula is C13H18BrN3. The molecule has 4 heteroatoms. The SMILES string of the molecule is CCC1CCN(c2ccc(C(=N)N)c(Br)c2)C1. The van der Waals surface area contributed by atoms with Crippen molar-refractivity contribution in [2.75, 3.05) is 18.0 Å². The fraction of sp³-hybridized carbons (Fsp3) is 0.462. The van der Waals surface area contributed by atoms with Crippen LogP contribution in [0.1, 0.15) is 25.3 Å². The van der Waals surface area contributed by atoms with Gasteiger partial charge in [-0.25, -0.2) is 0 Å². The van der Waals surface area contributed by atoms with Gasteiger partial charge in [0.15, 0.2) is 0 Å². The molecule has 3 N–H and O–H groups in total. The molecule has 0 aliphatic carbocycles. The van der Waals surface area contributed by atoms with E-state index in [1.54, 1.807) is 0 Å². The van der Waals surface area contributed by atoms with E-state index in [0.717, 1.165) is 29.0 Å².